The second kappa shape index (κ2) is 8.93. The third-order valence-corrected chi connectivity index (χ3v) is 6.11. The van der Waals surface area contributed by atoms with Gasteiger partial charge in [0.05, 0.1) is 25.7 Å². The van der Waals surface area contributed by atoms with E-state index in [1.807, 2.05) is 34.9 Å². The normalized spacial score (nSPS) is 11.0. The Morgan fingerprint density at radius 3 is 2.67 bits per heavy atom. The molecule has 3 N–H and O–H groups in total. The molecule has 9 heteroatoms. The van der Waals surface area contributed by atoms with Gasteiger partial charge < -0.3 is 20.2 Å². The summed E-state index contributed by atoms with van der Waals surface area (Å²) in [7, 11) is 3.28. The number of benzene rings is 2. The van der Waals surface area contributed by atoms with E-state index in [0.717, 1.165) is 45.0 Å². The van der Waals surface area contributed by atoms with Gasteiger partial charge >= 0.3 is 0 Å². The lowest BCUT2D eigenvalue weighted by Crippen LogP contribution is -2.36. The van der Waals surface area contributed by atoms with E-state index in [-0.39, 0.29) is 0 Å². The SMILES string of the molecule is COc1ccc(OC)c(Sc2nc3c([nH]2)c(N)nc[n+]3CCc2ccc(Br)cc2)c1. The average Bonchev–Trinajstić information content (AvgIpc) is 3.19. The fourth-order valence-electron chi connectivity index (χ4n) is 3.06. The van der Waals surface area contributed by atoms with Crippen molar-refractivity contribution >= 4 is 44.7 Å². The van der Waals surface area contributed by atoms with Crippen LogP contribution in [-0.2, 0) is 13.0 Å². The zero-order valence-corrected chi connectivity index (χ0v) is 19.0. The number of ether oxygens (including phenoxy) is 2. The molecule has 0 atom stereocenters. The zero-order valence-electron chi connectivity index (χ0n) is 16.6. The Morgan fingerprint density at radius 1 is 1.13 bits per heavy atom. The Hall–Kier alpha value is -2.78. The Kier molecular flexibility index (Phi) is 6.10. The second-order valence-corrected chi connectivity index (χ2v) is 8.51. The molecule has 154 valence electrons. The van der Waals surface area contributed by atoms with Gasteiger partial charge in [-0.2, -0.15) is 0 Å². The van der Waals surface area contributed by atoms with Crippen LogP contribution < -0.4 is 19.8 Å². The van der Waals surface area contributed by atoms with Gasteiger partial charge in [0.25, 0.3) is 5.65 Å². The van der Waals surface area contributed by atoms with Crippen LogP contribution in [0.4, 0.5) is 5.82 Å². The summed E-state index contributed by atoms with van der Waals surface area (Å²) in [5.41, 5.74) is 8.83. The van der Waals surface area contributed by atoms with Gasteiger partial charge in [-0.25, -0.2) is 4.57 Å². The molecule has 0 fully saturated rings. The van der Waals surface area contributed by atoms with Crippen molar-refractivity contribution in [3.05, 3.63) is 58.8 Å². The second-order valence-electron chi connectivity index (χ2n) is 6.56. The number of nitrogens with one attached hydrogen (secondary N) is 1. The molecule has 0 aliphatic rings. The van der Waals surface area contributed by atoms with Crippen LogP contribution in [0, 0.1) is 0 Å². The Morgan fingerprint density at radius 2 is 1.93 bits per heavy atom. The van der Waals surface area contributed by atoms with E-state index in [1.54, 1.807) is 20.5 Å². The summed E-state index contributed by atoms with van der Waals surface area (Å²) in [6.45, 7) is 0.739. The highest BCUT2D eigenvalue weighted by atomic mass is 79.9. The third kappa shape index (κ3) is 4.36. The fourth-order valence-corrected chi connectivity index (χ4v) is 4.25. The first-order valence-electron chi connectivity index (χ1n) is 9.25. The predicted octanol–water partition coefficient (Wildman–Crippen LogP) is 4.00. The third-order valence-electron chi connectivity index (χ3n) is 4.66. The van der Waals surface area contributed by atoms with Crippen LogP contribution in [0.15, 0.2) is 63.3 Å². The van der Waals surface area contributed by atoms with Gasteiger partial charge in [-0.3, -0.25) is 0 Å². The number of aromatic nitrogens is 4. The molecule has 0 saturated heterocycles. The lowest BCUT2D eigenvalue weighted by Gasteiger charge is -2.07. The number of anilines is 1. The highest BCUT2D eigenvalue weighted by Crippen LogP contribution is 2.36. The van der Waals surface area contributed by atoms with Crippen molar-refractivity contribution in [2.24, 2.45) is 0 Å². The highest BCUT2D eigenvalue weighted by Gasteiger charge is 2.20. The van der Waals surface area contributed by atoms with Crippen molar-refractivity contribution < 1.29 is 14.0 Å². The first kappa shape index (κ1) is 20.5. The molecule has 0 radical (unpaired) electrons. The minimum Gasteiger partial charge on any atom is -0.497 e. The molecule has 0 aliphatic heterocycles. The van der Waals surface area contributed by atoms with Crippen LogP contribution in [0.5, 0.6) is 11.5 Å². The topological polar surface area (TPSA) is 89.9 Å². The highest BCUT2D eigenvalue weighted by molar-refractivity contribution is 9.10. The average molecular weight is 487 g/mol. The molecule has 0 bridgehead atoms. The summed E-state index contributed by atoms with van der Waals surface area (Å²) in [6, 6.07) is 13.9. The standard InChI is InChI=1S/C21H20BrN5O2S/c1-28-15-7-8-16(29-2)17(11-15)30-21-25-18-19(23)24-12-27(20(18)26-21)10-9-13-3-5-14(22)6-4-13/h3-8,11-12H,9-10H2,1-2H3,(H2,23,25,26)/p+1. The lowest BCUT2D eigenvalue weighted by molar-refractivity contribution is -0.675. The van der Waals surface area contributed by atoms with E-state index in [0.29, 0.717) is 11.0 Å². The minimum absolute atomic E-state index is 0.418. The smallest absolute Gasteiger partial charge is 0.294 e. The number of imidazole rings is 1. The van der Waals surface area contributed by atoms with Gasteiger partial charge in [0.1, 0.15) is 11.5 Å². The number of fused-ring (bicyclic) bond motifs is 1. The number of methoxy groups -OCH3 is 2. The number of aromatic amines is 1. The van der Waals surface area contributed by atoms with E-state index in [4.69, 9.17) is 20.2 Å². The van der Waals surface area contributed by atoms with Crippen LogP contribution in [0.3, 0.4) is 0 Å². The van der Waals surface area contributed by atoms with Gasteiger partial charge in [-0.1, -0.05) is 38.0 Å². The number of H-pyrrole nitrogens is 1. The quantitative estimate of drug-likeness (QED) is 0.383. The van der Waals surface area contributed by atoms with Crippen molar-refractivity contribution in [3.63, 3.8) is 0 Å². The summed E-state index contributed by atoms with van der Waals surface area (Å²) in [4.78, 5) is 13.3. The molecule has 4 rings (SSSR count). The number of halogens is 1. The van der Waals surface area contributed by atoms with E-state index in [9.17, 15) is 0 Å². The van der Waals surface area contributed by atoms with Crippen molar-refractivity contribution in [2.45, 2.75) is 23.0 Å². The number of aryl methyl sites for hydroxylation is 2. The Labute approximate surface area is 186 Å². The molecular weight excluding hydrogens is 466 g/mol. The maximum Gasteiger partial charge on any atom is 0.294 e. The van der Waals surface area contributed by atoms with Crippen molar-refractivity contribution in [1.29, 1.82) is 0 Å². The molecule has 0 amide bonds. The van der Waals surface area contributed by atoms with Crippen LogP contribution in [0.25, 0.3) is 11.2 Å². The number of hydrogen-bond acceptors (Lipinski definition) is 6. The van der Waals surface area contributed by atoms with Crippen molar-refractivity contribution in [2.75, 3.05) is 20.0 Å². The molecular formula is C21H21BrN5O2S+. The van der Waals surface area contributed by atoms with Crippen molar-refractivity contribution in [3.8, 4) is 11.5 Å². The van der Waals surface area contributed by atoms with Gasteiger partial charge in [0, 0.05) is 10.9 Å². The maximum atomic E-state index is 6.10. The minimum atomic E-state index is 0.418. The van der Waals surface area contributed by atoms with E-state index in [1.165, 1.54) is 17.3 Å². The van der Waals surface area contributed by atoms with Crippen LogP contribution >= 0.6 is 27.7 Å². The Bertz CT molecular complexity index is 1180. The number of nitrogens with two attached hydrogens (primary N) is 1. The number of rotatable bonds is 7. The summed E-state index contributed by atoms with van der Waals surface area (Å²) < 4.78 is 13.9. The van der Waals surface area contributed by atoms with Gasteiger partial charge in [-0.05, 0) is 47.7 Å². The molecule has 0 unspecified atom stereocenters. The van der Waals surface area contributed by atoms with Gasteiger partial charge in [0.15, 0.2) is 5.52 Å². The number of nitrogen functional groups attached to an aromatic ring is 1. The van der Waals surface area contributed by atoms with E-state index >= 15 is 0 Å². The molecule has 30 heavy (non-hydrogen) atoms. The van der Waals surface area contributed by atoms with E-state index in [2.05, 4.69) is 38.0 Å². The van der Waals surface area contributed by atoms with Crippen LogP contribution in [0.2, 0.25) is 0 Å². The maximum absolute atomic E-state index is 6.10. The Balaban J connectivity index is 1.63. The molecule has 7 nitrogen and oxygen atoms in total. The monoisotopic (exact) mass is 486 g/mol. The predicted molar refractivity (Wildman–Crippen MR) is 120 cm³/mol. The molecule has 2 aromatic carbocycles. The molecule has 0 aliphatic carbocycles. The molecule has 0 spiro atoms. The summed E-state index contributed by atoms with van der Waals surface area (Å²) in [6.07, 6.45) is 2.59. The lowest BCUT2D eigenvalue weighted by atomic mass is 10.1. The van der Waals surface area contributed by atoms with Crippen LogP contribution in [0.1, 0.15) is 5.56 Å². The number of nitrogens with zero attached hydrogens (tertiary/aromatic N) is 3. The summed E-state index contributed by atoms with van der Waals surface area (Å²) in [5.74, 6) is 1.91. The molecule has 2 heterocycles. The summed E-state index contributed by atoms with van der Waals surface area (Å²) in [5, 5.41) is 0.702. The first-order valence-corrected chi connectivity index (χ1v) is 10.9. The van der Waals surface area contributed by atoms with Crippen molar-refractivity contribution in [1.82, 2.24) is 15.0 Å². The number of hydrogen-bond donors (Lipinski definition) is 2. The molecule has 4 aromatic rings. The first-order chi connectivity index (χ1) is 14.6. The summed E-state index contributed by atoms with van der Waals surface area (Å²) >= 11 is 4.92. The van der Waals surface area contributed by atoms with Gasteiger partial charge in [0.2, 0.25) is 17.3 Å². The van der Waals surface area contributed by atoms with Gasteiger partial charge in [-0.15, -0.1) is 0 Å². The molecule has 2 aromatic heterocycles. The largest absolute Gasteiger partial charge is 0.497 e. The molecule has 0 saturated carbocycles. The zero-order chi connectivity index (χ0) is 21.1. The fraction of sp³-hybridized carbons (Fsp3) is 0.190. The van der Waals surface area contributed by atoms with E-state index < -0.39 is 0 Å². The van der Waals surface area contributed by atoms with Crippen LogP contribution in [-0.4, -0.2) is 29.2 Å².